The molecule has 0 aliphatic carbocycles. The Bertz CT molecular complexity index is 670. The lowest BCUT2D eigenvalue weighted by Gasteiger charge is -2.15. The van der Waals surface area contributed by atoms with E-state index in [1.165, 1.54) is 12.1 Å². The second kappa shape index (κ2) is 8.90. The van der Waals surface area contributed by atoms with Crippen molar-refractivity contribution in [3.05, 3.63) is 65.2 Å². The molecular formula is C20H24F3NO. The first kappa shape index (κ1) is 19.3. The summed E-state index contributed by atoms with van der Waals surface area (Å²) in [6.45, 7) is 2.90. The molecule has 25 heavy (non-hydrogen) atoms. The van der Waals surface area contributed by atoms with Gasteiger partial charge in [-0.15, -0.1) is 0 Å². The third kappa shape index (κ3) is 6.09. The number of alkyl halides is 3. The minimum Gasteiger partial charge on any atom is -0.497 e. The van der Waals surface area contributed by atoms with Crippen molar-refractivity contribution in [2.24, 2.45) is 0 Å². The number of methoxy groups -OCH3 is 1. The van der Waals surface area contributed by atoms with Crippen LogP contribution in [0.4, 0.5) is 13.2 Å². The van der Waals surface area contributed by atoms with Crippen LogP contribution in [-0.4, -0.2) is 13.7 Å². The fourth-order valence-corrected chi connectivity index (χ4v) is 2.70. The Morgan fingerprint density at radius 1 is 1.04 bits per heavy atom. The molecule has 0 amide bonds. The summed E-state index contributed by atoms with van der Waals surface area (Å²) in [5.41, 5.74) is 1.31. The molecule has 2 aromatic carbocycles. The van der Waals surface area contributed by atoms with Crippen LogP contribution in [0.5, 0.6) is 5.75 Å². The van der Waals surface area contributed by atoms with Gasteiger partial charge in [0, 0.05) is 6.04 Å². The van der Waals surface area contributed by atoms with Crippen LogP contribution in [0, 0.1) is 0 Å². The largest absolute Gasteiger partial charge is 0.497 e. The molecule has 0 unspecified atom stereocenters. The molecule has 0 bridgehead atoms. The Hall–Kier alpha value is -2.01. The molecule has 0 aromatic heterocycles. The van der Waals surface area contributed by atoms with E-state index in [0.717, 1.165) is 42.3 Å². The van der Waals surface area contributed by atoms with Gasteiger partial charge in [0.25, 0.3) is 0 Å². The van der Waals surface area contributed by atoms with Gasteiger partial charge < -0.3 is 10.1 Å². The lowest BCUT2D eigenvalue weighted by molar-refractivity contribution is -0.137. The van der Waals surface area contributed by atoms with Gasteiger partial charge in [-0.3, -0.25) is 0 Å². The van der Waals surface area contributed by atoms with E-state index in [9.17, 15) is 13.2 Å². The number of ether oxygens (including phenoxy) is 1. The van der Waals surface area contributed by atoms with Gasteiger partial charge in [-0.1, -0.05) is 30.3 Å². The van der Waals surface area contributed by atoms with Crippen molar-refractivity contribution < 1.29 is 17.9 Å². The number of rotatable bonds is 8. The Labute approximate surface area is 147 Å². The van der Waals surface area contributed by atoms with E-state index in [4.69, 9.17) is 4.74 Å². The summed E-state index contributed by atoms with van der Waals surface area (Å²) in [5.74, 6) is 0.829. The average Bonchev–Trinajstić information content (AvgIpc) is 2.61. The summed E-state index contributed by atoms with van der Waals surface area (Å²) in [5, 5.41) is 3.44. The van der Waals surface area contributed by atoms with Crippen molar-refractivity contribution in [1.82, 2.24) is 5.32 Å². The maximum absolute atomic E-state index is 12.7. The van der Waals surface area contributed by atoms with Crippen LogP contribution in [0.1, 0.15) is 42.5 Å². The SMILES string of the molecule is COc1cccc([C@@H](C)NCCCCc2cccc(C(F)(F)F)c2)c1. The van der Waals surface area contributed by atoms with E-state index < -0.39 is 11.7 Å². The van der Waals surface area contributed by atoms with Crippen LogP contribution in [0.2, 0.25) is 0 Å². The predicted octanol–water partition coefficient (Wildman–Crippen LogP) is 5.39. The minimum absolute atomic E-state index is 0.198. The normalized spacial score (nSPS) is 12.8. The fourth-order valence-electron chi connectivity index (χ4n) is 2.70. The summed E-state index contributed by atoms with van der Waals surface area (Å²) >= 11 is 0. The second-order valence-electron chi connectivity index (χ2n) is 6.11. The molecule has 1 atom stereocenters. The minimum atomic E-state index is -4.27. The van der Waals surface area contributed by atoms with Crippen molar-refractivity contribution in [2.75, 3.05) is 13.7 Å². The quantitative estimate of drug-likeness (QED) is 0.644. The van der Waals surface area contributed by atoms with Crippen molar-refractivity contribution in [3.8, 4) is 5.75 Å². The molecule has 0 fully saturated rings. The number of aryl methyl sites for hydroxylation is 1. The zero-order chi connectivity index (χ0) is 18.3. The smallest absolute Gasteiger partial charge is 0.416 e. The van der Waals surface area contributed by atoms with Crippen LogP contribution in [0.3, 0.4) is 0 Å². The molecule has 1 N–H and O–H groups in total. The highest BCUT2D eigenvalue weighted by Gasteiger charge is 2.30. The molecule has 0 aliphatic rings. The molecule has 0 heterocycles. The number of hydrogen-bond donors (Lipinski definition) is 1. The molecule has 0 radical (unpaired) electrons. The monoisotopic (exact) mass is 351 g/mol. The van der Waals surface area contributed by atoms with E-state index >= 15 is 0 Å². The van der Waals surface area contributed by atoms with Crippen LogP contribution in [-0.2, 0) is 12.6 Å². The first-order chi connectivity index (χ1) is 11.9. The van der Waals surface area contributed by atoms with Crippen LogP contribution < -0.4 is 10.1 Å². The first-order valence-electron chi connectivity index (χ1n) is 8.43. The third-order valence-corrected chi connectivity index (χ3v) is 4.19. The molecule has 2 rings (SSSR count). The van der Waals surface area contributed by atoms with E-state index in [2.05, 4.69) is 12.2 Å². The van der Waals surface area contributed by atoms with Gasteiger partial charge in [0.1, 0.15) is 5.75 Å². The number of benzene rings is 2. The standard InChI is InChI=1S/C20H24F3NO/c1-15(17-9-6-11-19(14-17)25-2)24-12-4-3-7-16-8-5-10-18(13-16)20(21,22)23/h5-6,8-11,13-15,24H,3-4,7,12H2,1-2H3/t15-/m1/s1. The van der Waals surface area contributed by atoms with Crippen LogP contribution >= 0.6 is 0 Å². The number of halogens is 3. The highest BCUT2D eigenvalue weighted by Crippen LogP contribution is 2.29. The van der Waals surface area contributed by atoms with E-state index in [1.807, 2.05) is 24.3 Å². The van der Waals surface area contributed by atoms with Gasteiger partial charge in [0.15, 0.2) is 0 Å². The van der Waals surface area contributed by atoms with E-state index in [-0.39, 0.29) is 6.04 Å². The van der Waals surface area contributed by atoms with Crippen molar-refractivity contribution >= 4 is 0 Å². The topological polar surface area (TPSA) is 21.3 Å². The molecule has 2 nitrogen and oxygen atoms in total. The molecular weight excluding hydrogens is 327 g/mol. The summed E-state index contributed by atoms with van der Waals surface area (Å²) in [4.78, 5) is 0. The molecule has 0 aliphatic heterocycles. The molecule has 0 spiro atoms. The van der Waals surface area contributed by atoms with Crippen molar-refractivity contribution in [1.29, 1.82) is 0 Å². The van der Waals surface area contributed by atoms with Gasteiger partial charge in [0.05, 0.1) is 12.7 Å². The Morgan fingerprint density at radius 2 is 1.80 bits per heavy atom. The van der Waals surface area contributed by atoms with Gasteiger partial charge in [-0.25, -0.2) is 0 Å². The Balaban J connectivity index is 1.74. The zero-order valence-corrected chi connectivity index (χ0v) is 14.6. The van der Waals surface area contributed by atoms with Crippen LogP contribution in [0.15, 0.2) is 48.5 Å². The lowest BCUT2D eigenvalue weighted by Crippen LogP contribution is -2.20. The summed E-state index contributed by atoms with van der Waals surface area (Å²) in [6, 6.07) is 13.7. The summed E-state index contributed by atoms with van der Waals surface area (Å²) < 4.78 is 43.3. The molecule has 136 valence electrons. The highest BCUT2D eigenvalue weighted by molar-refractivity contribution is 5.30. The first-order valence-corrected chi connectivity index (χ1v) is 8.43. The Kier molecular flexibility index (Phi) is 6.88. The second-order valence-corrected chi connectivity index (χ2v) is 6.11. The van der Waals surface area contributed by atoms with Crippen LogP contribution in [0.25, 0.3) is 0 Å². The predicted molar refractivity (Wildman–Crippen MR) is 93.8 cm³/mol. The number of hydrogen-bond acceptors (Lipinski definition) is 2. The van der Waals surface area contributed by atoms with Gasteiger partial charge in [0.2, 0.25) is 0 Å². The molecule has 5 heteroatoms. The highest BCUT2D eigenvalue weighted by atomic mass is 19.4. The van der Waals surface area contributed by atoms with Crippen molar-refractivity contribution in [3.63, 3.8) is 0 Å². The third-order valence-electron chi connectivity index (χ3n) is 4.19. The van der Waals surface area contributed by atoms with Gasteiger partial charge in [-0.05, 0) is 62.1 Å². The van der Waals surface area contributed by atoms with E-state index in [0.29, 0.717) is 6.42 Å². The van der Waals surface area contributed by atoms with Crippen molar-refractivity contribution in [2.45, 2.75) is 38.4 Å². The summed E-state index contributed by atoms with van der Waals surface area (Å²) in [6.07, 6.45) is -1.87. The maximum atomic E-state index is 12.7. The van der Waals surface area contributed by atoms with E-state index in [1.54, 1.807) is 13.2 Å². The summed E-state index contributed by atoms with van der Waals surface area (Å²) in [7, 11) is 1.64. The number of nitrogens with one attached hydrogen (secondary N) is 1. The number of unbranched alkanes of at least 4 members (excludes halogenated alkanes) is 1. The lowest BCUT2D eigenvalue weighted by atomic mass is 10.0. The van der Waals surface area contributed by atoms with Gasteiger partial charge >= 0.3 is 6.18 Å². The average molecular weight is 351 g/mol. The molecule has 0 saturated heterocycles. The molecule has 2 aromatic rings. The fraction of sp³-hybridized carbons (Fsp3) is 0.400. The Morgan fingerprint density at radius 3 is 2.52 bits per heavy atom. The molecule has 0 saturated carbocycles. The zero-order valence-electron chi connectivity index (χ0n) is 14.6. The maximum Gasteiger partial charge on any atom is 0.416 e. The van der Waals surface area contributed by atoms with Gasteiger partial charge in [-0.2, -0.15) is 13.2 Å².